The highest BCUT2D eigenvalue weighted by Crippen LogP contribution is 2.13. The summed E-state index contributed by atoms with van der Waals surface area (Å²) in [6, 6.07) is 8.66. The van der Waals surface area contributed by atoms with E-state index in [9.17, 15) is 9.59 Å². The van der Waals surface area contributed by atoms with Gasteiger partial charge >= 0.3 is 12.0 Å². The summed E-state index contributed by atoms with van der Waals surface area (Å²) < 4.78 is 5.35. The van der Waals surface area contributed by atoms with E-state index >= 15 is 0 Å². The van der Waals surface area contributed by atoms with E-state index in [-0.39, 0.29) is 25.1 Å². The first-order valence-electron chi connectivity index (χ1n) is 6.94. The molecule has 0 atom stereocenters. The number of amides is 2. The number of rotatable bonds is 8. The van der Waals surface area contributed by atoms with Crippen molar-refractivity contribution in [1.82, 2.24) is 5.32 Å². The molecule has 1 aromatic carbocycles. The van der Waals surface area contributed by atoms with Crippen molar-refractivity contribution in [3.8, 4) is 0 Å². The van der Waals surface area contributed by atoms with Crippen molar-refractivity contribution in [2.24, 2.45) is 0 Å². The molecule has 0 unspecified atom stereocenters. The second-order valence-electron chi connectivity index (χ2n) is 4.78. The molecule has 0 aliphatic carbocycles. The SMILES string of the molecule is CC(C)OCCNC(=O)N(CCC(=O)O)c1ccccc1. The van der Waals surface area contributed by atoms with Gasteiger partial charge in [-0.15, -0.1) is 0 Å². The van der Waals surface area contributed by atoms with Crippen LogP contribution in [-0.2, 0) is 9.53 Å². The van der Waals surface area contributed by atoms with Crippen molar-refractivity contribution in [2.45, 2.75) is 26.4 Å². The third-order valence-electron chi connectivity index (χ3n) is 2.69. The Morgan fingerprint density at radius 3 is 2.52 bits per heavy atom. The number of hydrogen-bond donors (Lipinski definition) is 2. The number of hydrogen-bond acceptors (Lipinski definition) is 3. The van der Waals surface area contributed by atoms with E-state index in [0.717, 1.165) is 0 Å². The Kier molecular flexibility index (Phi) is 7.25. The van der Waals surface area contributed by atoms with Gasteiger partial charge < -0.3 is 15.2 Å². The summed E-state index contributed by atoms with van der Waals surface area (Å²) in [7, 11) is 0. The molecule has 2 amide bonds. The van der Waals surface area contributed by atoms with Crippen molar-refractivity contribution < 1.29 is 19.4 Å². The third-order valence-corrected chi connectivity index (χ3v) is 2.69. The van der Waals surface area contributed by atoms with Crippen LogP contribution in [0.3, 0.4) is 0 Å². The van der Waals surface area contributed by atoms with Gasteiger partial charge in [0.05, 0.1) is 19.1 Å². The molecule has 0 spiro atoms. The molecule has 0 saturated carbocycles. The lowest BCUT2D eigenvalue weighted by Crippen LogP contribution is -2.42. The first-order valence-corrected chi connectivity index (χ1v) is 6.94. The molecular weight excluding hydrogens is 272 g/mol. The lowest BCUT2D eigenvalue weighted by molar-refractivity contribution is -0.136. The number of para-hydroxylation sites is 1. The molecule has 0 aliphatic heterocycles. The average Bonchev–Trinajstić information content (AvgIpc) is 2.44. The highest BCUT2D eigenvalue weighted by molar-refractivity contribution is 5.92. The molecule has 0 aliphatic rings. The van der Waals surface area contributed by atoms with Crippen molar-refractivity contribution in [1.29, 1.82) is 0 Å². The molecule has 0 bridgehead atoms. The molecule has 0 saturated heterocycles. The van der Waals surface area contributed by atoms with Crippen LogP contribution in [-0.4, -0.2) is 42.9 Å². The summed E-state index contributed by atoms with van der Waals surface area (Å²) in [4.78, 5) is 24.3. The normalized spacial score (nSPS) is 10.4. The van der Waals surface area contributed by atoms with Crippen LogP contribution in [0.2, 0.25) is 0 Å². The van der Waals surface area contributed by atoms with Gasteiger partial charge in [0.2, 0.25) is 0 Å². The van der Waals surface area contributed by atoms with Crippen LogP contribution in [0.15, 0.2) is 30.3 Å². The number of carbonyl (C=O) groups is 2. The van der Waals surface area contributed by atoms with E-state index in [2.05, 4.69) is 5.32 Å². The van der Waals surface area contributed by atoms with E-state index < -0.39 is 5.97 Å². The molecule has 0 aromatic heterocycles. The number of nitrogens with one attached hydrogen (secondary N) is 1. The first kappa shape index (κ1) is 17.0. The van der Waals surface area contributed by atoms with E-state index in [0.29, 0.717) is 18.8 Å². The quantitative estimate of drug-likeness (QED) is 0.720. The van der Waals surface area contributed by atoms with Crippen LogP contribution in [0.25, 0.3) is 0 Å². The minimum atomic E-state index is -0.938. The Balaban J connectivity index is 2.59. The molecule has 0 fully saturated rings. The maximum atomic E-state index is 12.2. The number of nitrogens with zero attached hydrogens (tertiary/aromatic N) is 1. The van der Waals surface area contributed by atoms with Crippen LogP contribution >= 0.6 is 0 Å². The van der Waals surface area contributed by atoms with Gasteiger partial charge in [0.1, 0.15) is 0 Å². The zero-order chi connectivity index (χ0) is 15.7. The lowest BCUT2D eigenvalue weighted by atomic mass is 10.3. The Bertz CT molecular complexity index is 448. The Morgan fingerprint density at radius 1 is 1.29 bits per heavy atom. The second kappa shape index (κ2) is 8.97. The molecule has 0 radical (unpaired) electrons. The molecule has 1 rings (SSSR count). The summed E-state index contributed by atoms with van der Waals surface area (Å²) in [5.74, 6) is -0.938. The number of carboxylic acid groups (broad SMARTS) is 1. The number of anilines is 1. The fourth-order valence-corrected chi connectivity index (χ4v) is 1.71. The van der Waals surface area contributed by atoms with Crippen molar-refractivity contribution in [3.05, 3.63) is 30.3 Å². The van der Waals surface area contributed by atoms with Gasteiger partial charge in [0.15, 0.2) is 0 Å². The highest BCUT2D eigenvalue weighted by Gasteiger charge is 2.16. The zero-order valence-corrected chi connectivity index (χ0v) is 12.4. The van der Waals surface area contributed by atoms with Gasteiger partial charge in [-0.2, -0.15) is 0 Å². The predicted molar refractivity (Wildman–Crippen MR) is 80.5 cm³/mol. The van der Waals surface area contributed by atoms with Gasteiger partial charge in [0, 0.05) is 18.8 Å². The van der Waals surface area contributed by atoms with Gasteiger partial charge in [-0.05, 0) is 26.0 Å². The molecule has 21 heavy (non-hydrogen) atoms. The average molecular weight is 294 g/mol. The zero-order valence-electron chi connectivity index (χ0n) is 12.4. The number of urea groups is 1. The summed E-state index contributed by atoms with van der Waals surface area (Å²) in [6.45, 7) is 4.77. The molecule has 6 nitrogen and oxygen atoms in total. The largest absolute Gasteiger partial charge is 0.481 e. The minimum Gasteiger partial charge on any atom is -0.481 e. The fraction of sp³-hybridized carbons (Fsp3) is 0.467. The number of ether oxygens (including phenoxy) is 1. The summed E-state index contributed by atoms with van der Waals surface area (Å²) in [6.07, 6.45) is 0.00397. The number of aliphatic carboxylic acids is 1. The smallest absolute Gasteiger partial charge is 0.321 e. The number of carboxylic acids is 1. The van der Waals surface area contributed by atoms with E-state index in [1.807, 2.05) is 19.9 Å². The third kappa shape index (κ3) is 6.76. The molecule has 0 heterocycles. The van der Waals surface area contributed by atoms with Gasteiger partial charge in [-0.3, -0.25) is 9.69 Å². The summed E-state index contributed by atoms with van der Waals surface area (Å²) in [5, 5.41) is 11.5. The van der Waals surface area contributed by atoms with E-state index in [4.69, 9.17) is 9.84 Å². The van der Waals surface area contributed by atoms with Crippen molar-refractivity contribution >= 4 is 17.7 Å². The van der Waals surface area contributed by atoms with E-state index in [1.54, 1.807) is 24.3 Å². The van der Waals surface area contributed by atoms with Crippen molar-refractivity contribution in [3.63, 3.8) is 0 Å². The van der Waals surface area contributed by atoms with Gasteiger partial charge in [-0.25, -0.2) is 4.79 Å². The maximum Gasteiger partial charge on any atom is 0.321 e. The summed E-state index contributed by atoms with van der Waals surface area (Å²) >= 11 is 0. The van der Waals surface area contributed by atoms with Crippen LogP contribution in [0.5, 0.6) is 0 Å². The van der Waals surface area contributed by atoms with Crippen LogP contribution in [0.1, 0.15) is 20.3 Å². The fourth-order valence-electron chi connectivity index (χ4n) is 1.71. The monoisotopic (exact) mass is 294 g/mol. The Hall–Kier alpha value is -2.08. The highest BCUT2D eigenvalue weighted by atomic mass is 16.5. The Labute approximate surface area is 124 Å². The maximum absolute atomic E-state index is 12.2. The van der Waals surface area contributed by atoms with Crippen LogP contribution in [0.4, 0.5) is 10.5 Å². The molecular formula is C15H22N2O4. The summed E-state index contributed by atoms with van der Waals surface area (Å²) in [5.41, 5.74) is 0.668. The van der Waals surface area contributed by atoms with Gasteiger partial charge in [0.25, 0.3) is 0 Å². The second-order valence-corrected chi connectivity index (χ2v) is 4.78. The predicted octanol–water partition coefficient (Wildman–Crippen LogP) is 2.10. The first-order chi connectivity index (χ1) is 10.0. The number of benzene rings is 1. The molecule has 2 N–H and O–H groups in total. The van der Waals surface area contributed by atoms with Crippen LogP contribution in [0, 0.1) is 0 Å². The molecule has 1 aromatic rings. The minimum absolute atomic E-state index is 0.106. The van der Waals surface area contributed by atoms with Gasteiger partial charge in [-0.1, -0.05) is 18.2 Å². The molecule has 116 valence electrons. The topological polar surface area (TPSA) is 78.9 Å². The standard InChI is InChI=1S/C15H22N2O4/c1-12(2)21-11-9-16-15(20)17(10-8-14(18)19)13-6-4-3-5-7-13/h3-7,12H,8-11H2,1-2H3,(H,16,20)(H,18,19). The Morgan fingerprint density at radius 2 is 1.95 bits per heavy atom. The lowest BCUT2D eigenvalue weighted by Gasteiger charge is -2.22. The van der Waals surface area contributed by atoms with Crippen molar-refractivity contribution in [2.75, 3.05) is 24.6 Å². The molecule has 6 heteroatoms. The number of carbonyl (C=O) groups excluding carboxylic acids is 1. The van der Waals surface area contributed by atoms with E-state index in [1.165, 1.54) is 4.90 Å². The van der Waals surface area contributed by atoms with Crippen LogP contribution < -0.4 is 10.2 Å².